The number of pyridine rings is 1. The Morgan fingerprint density at radius 2 is 1.78 bits per heavy atom. The second-order valence-electron chi connectivity index (χ2n) is 6.73. The van der Waals surface area contributed by atoms with Gasteiger partial charge in [-0.3, -0.25) is 14.3 Å². The normalized spacial score (nSPS) is 11.4. The van der Waals surface area contributed by atoms with Gasteiger partial charge in [-0.1, -0.05) is 11.8 Å². The van der Waals surface area contributed by atoms with E-state index in [9.17, 15) is 9.18 Å². The van der Waals surface area contributed by atoms with Crippen LogP contribution in [0.25, 0.3) is 17.1 Å². The van der Waals surface area contributed by atoms with E-state index in [0.29, 0.717) is 16.7 Å². The standard InChI is InChI=1S/C19H19FN4O2S/c1-19(2,3)26-16(25)12-27-18-23-22-17(13-8-10-21-11-9-13)24(18)15-6-4-14(20)5-7-15/h4-11H,12H2,1-3H3. The predicted octanol–water partition coefficient (Wildman–Crippen LogP) is 3.90. The molecule has 27 heavy (non-hydrogen) atoms. The van der Waals surface area contributed by atoms with Crippen LogP contribution in [0.1, 0.15) is 20.8 Å². The molecule has 0 atom stereocenters. The average Bonchev–Trinajstić information content (AvgIpc) is 3.04. The molecule has 1 aromatic carbocycles. The molecule has 0 N–H and O–H groups in total. The van der Waals surface area contributed by atoms with Crippen LogP contribution in [0.15, 0.2) is 53.9 Å². The van der Waals surface area contributed by atoms with E-state index in [2.05, 4.69) is 15.2 Å². The highest BCUT2D eigenvalue weighted by molar-refractivity contribution is 7.99. The Bertz CT molecular complexity index is 921. The molecule has 0 bridgehead atoms. The first-order valence-electron chi connectivity index (χ1n) is 8.30. The van der Waals surface area contributed by atoms with Crippen LogP contribution in [0.5, 0.6) is 0 Å². The van der Waals surface area contributed by atoms with Gasteiger partial charge in [0.2, 0.25) is 0 Å². The molecule has 0 aliphatic heterocycles. The molecule has 140 valence electrons. The number of carbonyl (C=O) groups is 1. The fraction of sp³-hybridized carbons (Fsp3) is 0.263. The van der Waals surface area contributed by atoms with Gasteiger partial charge in [0.25, 0.3) is 0 Å². The van der Waals surface area contributed by atoms with Crippen molar-refractivity contribution in [2.45, 2.75) is 31.5 Å². The third-order valence-electron chi connectivity index (χ3n) is 3.40. The Morgan fingerprint density at radius 1 is 1.11 bits per heavy atom. The number of benzene rings is 1. The molecule has 0 amide bonds. The average molecular weight is 386 g/mol. The summed E-state index contributed by atoms with van der Waals surface area (Å²) in [5.74, 6) is -0.00463. The summed E-state index contributed by atoms with van der Waals surface area (Å²) in [5, 5.41) is 8.98. The lowest BCUT2D eigenvalue weighted by molar-refractivity contribution is -0.151. The number of rotatable bonds is 5. The third kappa shape index (κ3) is 4.91. The monoisotopic (exact) mass is 386 g/mol. The van der Waals surface area contributed by atoms with E-state index < -0.39 is 5.60 Å². The number of esters is 1. The molecule has 3 aromatic rings. The summed E-state index contributed by atoms with van der Waals surface area (Å²) in [7, 11) is 0. The van der Waals surface area contributed by atoms with Gasteiger partial charge in [0.15, 0.2) is 11.0 Å². The number of thioether (sulfide) groups is 1. The van der Waals surface area contributed by atoms with E-state index in [1.807, 2.05) is 32.9 Å². The Kier molecular flexibility index (Phi) is 5.55. The van der Waals surface area contributed by atoms with Crippen LogP contribution in [-0.4, -0.2) is 37.1 Å². The van der Waals surface area contributed by atoms with Crippen LogP contribution in [0.3, 0.4) is 0 Å². The van der Waals surface area contributed by atoms with Crippen molar-refractivity contribution in [3.05, 3.63) is 54.6 Å². The van der Waals surface area contributed by atoms with Crippen LogP contribution >= 0.6 is 11.8 Å². The molecule has 0 saturated heterocycles. The van der Waals surface area contributed by atoms with Gasteiger partial charge in [-0.15, -0.1) is 10.2 Å². The number of ether oxygens (including phenoxy) is 1. The van der Waals surface area contributed by atoms with E-state index in [0.717, 1.165) is 5.56 Å². The molecule has 0 aliphatic carbocycles. The van der Waals surface area contributed by atoms with Crippen molar-refractivity contribution in [1.29, 1.82) is 0 Å². The number of nitrogens with zero attached hydrogens (tertiary/aromatic N) is 4. The van der Waals surface area contributed by atoms with Crippen molar-refractivity contribution in [1.82, 2.24) is 19.7 Å². The van der Waals surface area contributed by atoms with Crippen molar-refractivity contribution >= 4 is 17.7 Å². The van der Waals surface area contributed by atoms with E-state index in [1.54, 1.807) is 29.1 Å². The summed E-state index contributed by atoms with van der Waals surface area (Å²) in [5.41, 5.74) is 0.954. The predicted molar refractivity (Wildman–Crippen MR) is 101 cm³/mol. The van der Waals surface area contributed by atoms with E-state index in [1.165, 1.54) is 23.9 Å². The van der Waals surface area contributed by atoms with Crippen molar-refractivity contribution in [2.24, 2.45) is 0 Å². The second-order valence-corrected chi connectivity index (χ2v) is 7.67. The topological polar surface area (TPSA) is 69.9 Å². The van der Waals surface area contributed by atoms with Crippen molar-refractivity contribution in [2.75, 3.05) is 5.75 Å². The largest absolute Gasteiger partial charge is 0.459 e. The summed E-state index contributed by atoms with van der Waals surface area (Å²) in [6.45, 7) is 5.45. The lowest BCUT2D eigenvalue weighted by atomic mass is 10.2. The molecule has 0 aliphatic rings. The van der Waals surface area contributed by atoms with Crippen molar-refractivity contribution in [3.8, 4) is 17.1 Å². The molecular weight excluding hydrogens is 367 g/mol. The van der Waals surface area contributed by atoms with Gasteiger partial charge < -0.3 is 4.74 Å². The van der Waals surface area contributed by atoms with Gasteiger partial charge in [-0.2, -0.15) is 0 Å². The fourth-order valence-corrected chi connectivity index (χ4v) is 3.09. The molecule has 2 aromatic heterocycles. The number of carbonyl (C=O) groups excluding carboxylic acids is 1. The SMILES string of the molecule is CC(C)(C)OC(=O)CSc1nnc(-c2ccncc2)n1-c1ccc(F)cc1. The first-order valence-corrected chi connectivity index (χ1v) is 9.28. The zero-order valence-electron chi connectivity index (χ0n) is 15.2. The van der Waals surface area contributed by atoms with Gasteiger partial charge >= 0.3 is 5.97 Å². The Labute approximate surface area is 160 Å². The maximum absolute atomic E-state index is 13.3. The van der Waals surface area contributed by atoms with Gasteiger partial charge in [-0.25, -0.2) is 4.39 Å². The summed E-state index contributed by atoms with van der Waals surface area (Å²) < 4.78 is 20.5. The lowest BCUT2D eigenvalue weighted by Gasteiger charge is -2.19. The van der Waals surface area contributed by atoms with Gasteiger partial charge in [0.1, 0.15) is 11.4 Å². The van der Waals surface area contributed by atoms with E-state index in [4.69, 9.17) is 4.74 Å². The third-order valence-corrected chi connectivity index (χ3v) is 4.30. The zero-order valence-corrected chi connectivity index (χ0v) is 16.0. The molecule has 0 fully saturated rings. The highest BCUT2D eigenvalue weighted by Gasteiger charge is 2.20. The number of aromatic nitrogens is 4. The Balaban J connectivity index is 1.93. The summed E-state index contributed by atoms with van der Waals surface area (Å²) in [6.07, 6.45) is 3.32. The first kappa shape index (κ1) is 19.0. The molecule has 0 saturated carbocycles. The van der Waals surface area contributed by atoms with E-state index in [-0.39, 0.29) is 17.5 Å². The van der Waals surface area contributed by atoms with Crippen LogP contribution in [0, 0.1) is 5.82 Å². The van der Waals surface area contributed by atoms with Crippen molar-refractivity contribution < 1.29 is 13.9 Å². The van der Waals surface area contributed by atoms with Gasteiger partial charge in [0.05, 0.1) is 5.75 Å². The second kappa shape index (κ2) is 7.87. The molecule has 3 rings (SSSR count). The summed E-state index contributed by atoms with van der Waals surface area (Å²) in [4.78, 5) is 16.1. The number of hydrogen-bond donors (Lipinski definition) is 0. The minimum Gasteiger partial charge on any atom is -0.459 e. The maximum Gasteiger partial charge on any atom is 0.316 e. The molecule has 0 unspecified atom stereocenters. The number of hydrogen-bond acceptors (Lipinski definition) is 6. The summed E-state index contributed by atoms with van der Waals surface area (Å²) in [6, 6.07) is 9.64. The van der Waals surface area contributed by atoms with Crippen LogP contribution in [0.2, 0.25) is 0 Å². The Morgan fingerprint density at radius 3 is 2.41 bits per heavy atom. The quantitative estimate of drug-likeness (QED) is 0.489. The maximum atomic E-state index is 13.3. The molecule has 6 nitrogen and oxygen atoms in total. The van der Waals surface area contributed by atoms with Crippen LogP contribution in [0.4, 0.5) is 4.39 Å². The molecule has 0 radical (unpaired) electrons. The highest BCUT2D eigenvalue weighted by Crippen LogP contribution is 2.28. The minimum atomic E-state index is -0.551. The first-order chi connectivity index (χ1) is 12.8. The van der Waals surface area contributed by atoms with Crippen LogP contribution in [-0.2, 0) is 9.53 Å². The minimum absolute atomic E-state index is 0.0902. The fourth-order valence-electron chi connectivity index (χ4n) is 2.37. The zero-order chi connectivity index (χ0) is 19.4. The van der Waals surface area contributed by atoms with Gasteiger partial charge in [-0.05, 0) is 57.2 Å². The molecule has 8 heteroatoms. The molecule has 2 heterocycles. The van der Waals surface area contributed by atoms with Crippen molar-refractivity contribution in [3.63, 3.8) is 0 Å². The number of halogens is 1. The van der Waals surface area contributed by atoms with Crippen LogP contribution < -0.4 is 0 Å². The Hall–Kier alpha value is -2.74. The summed E-state index contributed by atoms with van der Waals surface area (Å²) >= 11 is 1.22. The molecule has 0 spiro atoms. The smallest absolute Gasteiger partial charge is 0.316 e. The highest BCUT2D eigenvalue weighted by atomic mass is 32.2. The lowest BCUT2D eigenvalue weighted by Crippen LogP contribution is -2.25. The molecular formula is C19H19FN4O2S. The van der Waals surface area contributed by atoms with Gasteiger partial charge in [0, 0.05) is 23.6 Å². The van der Waals surface area contributed by atoms with E-state index >= 15 is 0 Å².